The Morgan fingerprint density at radius 3 is 2.96 bits per heavy atom. The number of benzene rings is 1. The highest BCUT2D eigenvalue weighted by atomic mass is 16.3. The van der Waals surface area contributed by atoms with E-state index in [0.717, 1.165) is 37.9 Å². The maximum Gasteiger partial charge on any atom is 0.271 e. The van der Waals surface area contributed by atoms with Gasteiger partial charge in [-0.1, -0.05) is 24.3 Å². The second-order valence-corrected chi connectivity index (χ2v) is 6.97. The Hall–Kier alpha value is -2.18. The molecule has 132 valence electrons. The molecular weight excluding hydrogens is 316 g/mol. The molecule has 2 aliphatic rings. The van der Waals surface area contributed by atoms with Gasteiger partial charge in [-0.3, -0.25) is 14.4 Å². The smallest absolute Gasteiger partial charge is 0.271 e. The third-order valence-corrected chi connectivity index (χ3v) is 5.51. The van der Waals surface area contributed by atoms with E-state index in [1.807, 2.05) is 29.1 Å². The zero-order valence-corrected chi connectivity index (χ0v) is 14.4. The summed E-state index contributed by atoms with van der Waals surface area (Å²) in [5.41, 5.74) is 2.77. The second kappa shape index (κ2) is 6.61. The van der Waals surface area contributed by atoms with E-state index in [1.165, 1.54) is 5.56 Å². The SMILES string of the molecule is CNC(=O)c1ccn([C@@H]2CCCN([C@H]3Cc4ccccc4[C@H]3O)C2)n1. The number of hydrogen-bond donors (Lipinski definition) is 2. The van der Waals surface area contributed by atoms with Crippen LogP contribution >= 0.6 is 0 Å². The molecule has 0 bridgehead atoms. The molecule has 1 fully saturated rings. The molecule has 3 atom stereocenters. The van der Waals surface area contributed by atoms with Crippen LogP contribution in [0.4, 0.5) is 0 Å². The number of fused-ring (bicyclic) bond motifs is 1. The van der Waals surface area contributed by atoms with E-state index in [0.29, 0.717) is 5.69 Å². The molecule has 4 rings (SSSR count). The third kappa shape index (κ3) is 2.96. The van der Waals surface area contributed by atoms with E-state index >= 15 is 0 Å². The van der Waals surface area contributed by atoms with Gasteiger partial charge in [0.05, 0.1) is 12.1 Å². The summed E-state index contributed by atoms with van der Waals surface area (Å²) in [6.07, 6.45) is 4.47. The van der Waals surface area contributed by atoms with E-state index in [1.54, 1.807) is 13.1 Å². The molecule has 25 heavy (non-hydrogen) atoms. The third-order valence-electron chi connectivity index (χ3n) is 5.51. The molecule has 1 aliphatic carbocycles. The van der Waals surface area contributed by atoms with Gasteiger partial charge in [0.1, 0.15) is 5.69 Å². The van der Waals surface area contributed by atoms with Gasteiger partial charge in [-0.2, -0.15) is 5.10 Å². The minimum Gasteiger partial charge on any atom is -0.387 e. The molecule has 2 aromatic rings. The van der Waals surface area contributed by atoms with Gasteiger partial charge in [0.2, 0.25) is 0 Å². The Kier molecular flexibility index (Phi) is 4.31. The quantitative estimate of drug-likeness (QED) is 0.889. The first-order valence-electron chi connectivity index (χ1n) is 8.94. The van der Waals surface area contributed by atoms with Gasteiger partial charge in [-0.25, -0.2) is 0 Å². The van der Waals surface area contributed by atoms with Crippen LogP contribution in [-0.2, 0) is 6.42 Å². The molecule has 6 heteroatoms. The minimum absolute atomic E-state index is 0.133. The monoisotopic (exact) mass is 340 g/mol. The lowest BCUT2D eigenvalue weighted by molar-refractivity contribution is 0.0345. The zero-order valence-electron chi connectivity index (χ0n) is 14.4. The number of hydrogen-bond acceptors (Lipinski definition) is 4. The van der Waals surface area contributed by atoms with Crippen LogP contribution in [0.15, 0.2) is 36.5 Å². The van der Waals surface area contributed by atoms with Crippen molar-refractivity contribution in [2.45, 2.75) is 37.5 Å². The number of aliphatic hydroxyl groups is 1. The largest absolute Gasteiger partial charge is 0.387 e. The predicted octanol–water partition coefficient (Wildman–Crippen LogP) is 1.54. The maximum absolute atomic E-state index is 11.7. The lowest BCUT2D eigenvalue weighted by Crippen LogP contribution is -2.45. The highest BCUT2D eigenvalue weighted by Crippen LogP contribution is 2.36. The molecule has 1 amide bonds. The first-order valence-corrected chi connectivity index (χ1v) is 8.94. The van der Waals surface area contributed by atoms with E-state index in [-0.39, 0.29) is 18.0 Å². The number of likely N-dealkylation sites (tertiary alicyclic amines) is 1. The van der Waals surface area contributed by atoms with Gasteiger partial charge in [-0.15, -0.1) is 0 Å². The molecule has 0 radical (unpaired) electrons. The normalized spacial score (nSPS) is 26.4. The highest BCUT2D eigenvalue weighted by molar-refractivity contribution is 5.91. The molecule has 6 nitrogen and oxygen atoms in total. The fourth-order valence-electron chi connectivity index (χ4n) is 4.17. The number of aromatic nitrogens is 2. The lowest BCUT2D eigenvalue weighted by atomic mass is 10.0. The van der Waals surface area contributed by atoms with Crippen molar-refractivity contribution in [1.29, 1.82) is 0 Å². The van der Waals surface area contributed by atoms with Gasteiger partial charge in [0.25, 0.3) is 5.91 Å². The number of aliphatic hydroxyl groups excluding tert-OH is 1. The van der Waals surface area contributed by atoms with Crippen molar-refractivity contribution in [2.24, 2.45) is 0 Å². The van der Waals surface area contributed by atoms with Crippen molar-refractivity contribution in [3.8, 4) is 0 Å². The van der Waals surface area contributed by atoms with Gasteiger partial charge in [0, 0.05) is 25.8 Å². The van der Waals surface area contributed by atoms with Crippen LogP contribution in [0.1, 0.15) is 46.6 Å². The fourth-order valence-corrected chi connectivity index (χ4v) is 4.17. The Morgan fingerprint density at radius 2 is 2.16 bits per heavy atom. The van der Waals surface area contributed by atoms with Gasteiger partial charge in [-0.05, 0) is 43.0 Å². The van der Waals surface area contributed by atoms with Gasteiger partial charge in [0.15, 0.2) is 0 Å². The summed E-state index contributed by atoms with van der Waals surface area (Å²) in [5.74, 6) is -0.159. The first-order chi connectivity index (χ1) is 12.2. The molecule has 0 spiro atoms. The van der Waals surface area contributed by atoms with Gasteiger partial charge >= 0.3 is 0 Å². The fraction of sp³-hybridized carbons (Fsp3) is 0.474. The van der Waals surface area contributed by atoms with E-state index in [2.05, 4.69) is 21.4 Å². The van der Waals surface area contributed by atoms with Crippen LogP contribution in [0, 0.1) is 0 Å². The number of piperidine rings is 1. The first kappa shape index (κ1) is 16.3. The minimum atomic E-state index is -0.422. The highest BCUT2D eigenvalue weighted by Gasteiger charge is 2.37. The number of rotatable bonds is 3. The summed E-state index contributed by atoms with van der Waals surface area (Å²) in [5, 5.41) is 17.8. The summed E-state index contributed by atoms with van der Waals surface area (Å²) < 4.78 is 1.91. The van der Waals surface area contributed by atoms with Crippen molar-refractivity contribution < 1.29 is 9.90 Å². The molecule has 2 heterocycles. The number of carbonyl (C=O) groups excluding carboxylic acids is 1. The summed E-state index contributed by atoms with van der Waals surface area (Å²) >= 11 is 0. The average molecular weight is 340 g/mol. The predicted molar refractivity (Wildman–Crippen MR) is 94.4 cm³/mol. The molecule has 1 aromatic heterocycles. The van der Waals surface area contributed by atoms with Gasteiger partial charge < -0.3 is 10.4 Å². The van der Waals surface area contributed by atoms with E-state index in [4.69, 9.17) is 0 Å². The van der Waals surface area contributed by atoms with Crippen LogP contribution < -0.4 is 5.32 Å². The van der Waals surface area contributed by atoms with Crippen molar-refractivity contribution in [2.75, 3.05) is 20.1 Å². The molecule has 1 aromatic carbocycles. The summed E-state index contributed by atoms with van der Waals surface area (Å²) in [6, 6.07) is 10.3. The Balaban J connectivity index is 1.49. The van der Waals surface area contributed by atoms with E-state index < -0.39 is 6.10 Å². The Labute approximate surface area is 147 Å². The summed E-state index contributed by atoms with van der Waals surface area (Å²) in [4.78, 5) is 14.1. The van der Waals surface area contributed by atoms with Crippen LogP contribution in [0.3, 0.4) is 0 Å². The lowest BCUT2D eigenvalue weighted by Gasteiger charge is -2.38. The molecule has 1 saturated heterocycles. The van der Waals surface area contributed by atoms with Crippen LogP contribution in [0.2, 0.25) is 0 Å². The molecule has 1 aliphatic heterocycles. The van der Waals surface area contributed by atoms with Crippen molar-refractivity contribution in [3.05, 3.63) is 53.3 Å². The zero-order chi connectivity index (χ0) is 17.4. The topological polar surface area (TPSA) is 70.4 Å². The second-order valence-electron chi connectivity index (χ2n) is 6.97. The van der Waals surface area contributed by atoms with Crippen molar-refractivity contribution >= 4 is 5.91 Å². The number of carbonyl (C=O) groups is 1. The Morgan fingerprint density at radius 1 is 1.32 bits per heavy atom. The average Bonchev–Trinajstić information content (AvgIpc) is 3.27. The number of amides is 1. The molecule has 0 unspecified atom stereocenters. The van der Waals surface area contributed by atoms with Crippen LogP contribution in [-0.4, -0.2) is 51.9 Å². The maximum atomic E-state index is 11.7. The van der Waals surface area contributed by atoms with E-state index in [9.17, 15) is 9.90 Å². The molecule has 2 N–H and O–H groups in total. The number of nitrogens with zero attached hydrogens (tertiary/aromatic N) is 3. The Bertz CT molecular complexity index is 772. The molecular formula is C19H24N4O2. The molecule has 0 saturated carbocycles. The summed E-state index contributed by atoms with van der Waals surface area (Å²) in [7, 11) is 1.61. The van der Waals surface area contributed by atoms with Crippen LogP contribution in [0.5, 0.6) is 0 Å². The van der Waals surface area contributed by atoms with Crippen molar-refractivity contribution in [1.82, 2.24) is 20.0 Å². The summed E-state index contributed by atoms with van der Waals surface area (Å²) in [6.45, 7) is 1.85. The standard InChI is InChI=1S/C19H24N4O2/c1-20-19(25)16-8-10-23(21-16)14-6-4-9-22(12-14)17-11-13-5-2-3-7-15(13)18(17)24/h2-3,5,7-8,10,14,17-18,24H,4,6,9,11-12H2,1H3,(H,20,25)/t14-,17+,18-/m1/s1. The van der Waals surface area contributed by atoms with Crippen molar-refractivity contribution in [3.63, 3.8) is 0 Å². The number of nitrogens with one attached hydrogen (secondary N) is 1. The van der Waals surface area contributed by atoms with Crippen LogP contribution in [0.25, 0.3) is 0 Å².